The molecule has 0 saturated heterocycles. The molecule has 0 aliphatic carbocycles. The Bertz CT molecular complexity index is 796. The Morgan fingerprint density at radius 1 is 1.12 bits per heavy atom. The molecule has 1 amide bonds. The first-order valence-electron chi connectivity index (χ1n) is 7.32. The van der Waals surface area contributed by atoms with E-state index < -0.39 is 12.6 Å². The first-order chi connectivity index (χ1) is 11.9. The van der Waals surface area contributed by atoms with Gasteiger partial charge in [0.1, 0.15) is 11.6 Å². The SMILES string of the molecule is N=C(N)c1ccc(C=CC(=O)Nc2ccc(OCC(=O)O)cc2)cc1. The van der Waals surface area contributed by atoms with Crippen molar-refractivity contribution in [3.63, 3.8) is 0 Å². The number of benzene rings is 2. The smallest absolute Gasteiger partial charge is 0.341 e. The van der Waals surface area contributed by atoms with Crippen molar-refractivity contribution in [2.45, 2.75) is 0 Å². The van der Waals surface area contributed by atoms with Gasteiger partial charge in [0.15, 0.2) is 6.61 Å². The normalized spacial score (nSPS) is 10.4. The zero-order valence-corrected chi connectivity index (χ0v) is 13.2. The van der Waals surface area contributed by atoms with Crippen molar-refractivity contribution >= 4 is 29.5 Å². The van der Waals surface area contributed by atoms with Crippen LogP contribution in [-0.4, -0.2) is 29.4 Å². The summed E-state index contributed by atoms with van der Waals surface area (Å²) in [6.07, 6.45) is 3.03. The predicted octanol–water partition coefficient (Wildman–Crippen LogP) is 2.09. The molecule has 0 atom stereocenters. The third-order valence-electron chi connectivity index (χ3n) is 3.13. The maximum atomic E-state index is 11.9. The number of carboxylic acids is 1. The molecule has 2 aromatic carbocycles. The summed E-state index contributed by atoms with van der Waals surface area (Å²) in [5, 5.41) is 18.5. The number of aliphatic carboxylic acids is 1. The van der Waals surface area contributed by atoms with Crippen LogP contribution in [0.3, 0.4) is 0 Å². The molecular weight excluding hydrogens is 322 g/mol. The number of hydrogen-bond donors (Lipinski definition) is 4. The topological polar surface area (TPSA) is 126 Å². The van der Waals surface area contributed by atoms with Crippen LogP contribution in [0.2, 0.25) is 0 Å². The Morgan fingerprint density at radius 2 is 1.76 bits per heavy atom. The molecule has 0 aromatic heterocycles. The summed E-state index contributed by atoms with van der Waals surface area (Å²) in [6, 6.07) is 13.3. The highest BCUT2D eigenvalue weighted by Gasteiger charge is 2.01. The van der Waals surface area contributed by atoms with E-state index >= 15 is 0 Å². The fourth-order valence-corrected chi connectivity index (χ4v) is 1.91. The lowest BCUT2D eigenvalue weighted by Gasteiger charge is -2.05. The van der Waals surface area contributed by atoms with Crippen molar-refractivity contribution in [2.24, 2.45) is 5.73 Å². The van der Waals surface area contributed by atoms with Gasteiger partial charge in [-0.25, -0.2) is 4.79 Å². The van der Waals surface area contributed by atoms with Crippen molar-refractivity contribution in [2.75, 3.05) is 11.9 Å². The molecule has 7 heteroatoms. The largest absolute Gasteiger partial charge is 0.482 e. The van der Waals surface area contributed by atoms with Crippen molar-refractivity contribution in [3.8, 4) is 5.75 Å². The molecule has 5 N–H and O–H groups in total. The summed E-state index contributed by atoms with van der Waals surface area (Å²) in [5.74, 6) is -0.973. The van der Waals surface area contributed by atoms with E-state index in [4.69, 9.17) is 21.0 Å². The maximum Gasteiger partial charge on any atom is 0.341 e. The minimum Gasteiger partial charge on any atom is -0.482 e. The predicted molar refractivity (Wildman–Crippen MR) is 94.7 cm³/mol. The lowest BCUT2D eigenvalue weighted by atomic mass is 10.1. The zero-order chi connectivity index (χ0) is 18.2. The number of ether oxygens (including phenoxy) is 1. The Kier molecular flexibility index (Phi) is 5.89. The lowest BCUT2D eigenvalue weighted by molar-refractivity contribution is -0.139. The van der Waals surface area contributed by atoms with Crippen LogP contribution < -0.4 is 15.8 Å². The van der Waals surface area contributed by atoms with E-state index in [0.29, 0.717) is 17.0 Å². The fourth-order valence-electron chi connectivity index (χ4n) is 1.91. The van der Waals surface area contributed by atoms with E-state index in [1.807, 2.05) is 0 Å². The molecule has 7 nitrogen and oxygen atoms in total. The Morgan fingerprint density at radius 3 is 2.32 bits per heavy atom. The van der Waals surface area contributed by atoms with E-state index in [0.717, 1.165) is 5.56 Å². The van der Waals surface area contributed by atoms with Gasteiger partial charge in [0.25, 0.3) is 0 Å². The molecule has 2 aromatic rings. The summed E-state index contributed by atoms with van der Waals surface area (Å²) in [6.45, 7) is -0.420. The average molecular weight is 339 g/mol. The Hall–Kier alpha value is -3.61. The number of amidine groups is 1. The molecule has 0 unspecified atom stereocenters. The van der Waals surface area contributed by atoms with E-state index in [-0.39, 0.29) is 11.7 Å². The second kappa shape index (κ2) is 8.30. The molecule has 128 valence electrons. The minimum atomic E-state index is -1.06. The lowest BCUT2D eigenvalue weighted by Crippen LogP contribution is -2.10. The van der Waals surface area contributed by atoms with Gasteiger partial charge in [0.05, 0.1) is 0 Å². The molecule has 25 heavy (non-hydrogen) atoms. The highest BCUT2D eigenvalue weighted by Crippen LogP contribution is 2.15. The number of carboxylic acid groups (broad SMARTS) is 1. The van der Waals surface area contributed by atoms with Crippen LogP contribution in [0.15, 0.2) is 54.6 Å². The second-order valence-electron chi connectivity index (χ2n) is 5.07. The molecule has 2 rings (SSSR count). The van der Waals surface area contributed by atoms with E-state index in [1.165, 1.54) is 6.08 Å². The van der Waals surface area contributed by atoms with Gasteiger partial charge < -0.3 is 20.9 Å². The summed E-state index contributed by atoms with van der Waals surface area (Å²) in [4.78, 5) is 22.3. The number of nitrogens with two attached hydrogens (primary N) is 1. The number of amides is 1. The molecule has 0 radical (unpaired) electrons. The van der Waals surface area contributed by atoms with E-state index in [9.17, 15) is 9.59 Å². The Labute approximate surface area is 144 Å². The van der Waals surface area contributed by atoms with Crippen molar-refractivity contribution in [1.82, 2.24) is 0 Å². The average Bonchev–Trinajstić information content (AvgIpc) is 2.59. The first-order valence-corrected chi connectivity index (χ1v) is 7.32. The number of carbonyl (C=O) groups is 2. The number of nitrogens with one attached hydrogen (secondary N) is 2. The molecule has 0 aliphatic rings. The zero-order valence-electron chi connectivity index (χ0n) is 13.2. The van der Waals surface area contributed by atoms with Gasteiger partial charge >= 0.3 is 5.97 Å². The minimum absolute atomic E-state index is 0.0101. The number of rotatable bonds is 7. The van der Waals surface area contributed by atoms with Crippen LogP contribution in [0.5, 0.6) is 5.75 Å². The summed E-state index contributed by atoms with van der Waals surface area (Å²) in [5.41, 5.74) is 7.36. The number of anilines is 1. The van der Waals surface area contributed by atoms with Crippen molar-refractivity contribution in [1.29, 1.82) is 5.41 Å². The van der Waals surface area contributed by atoms with Crippen LogP contribution >= 0.6 is 0 Å². The van der Waals surface area contributed by atoms with E-state index in [1.54, 1.807) is 54.6 Å². The molecule has 0 spiro atoms. The molecular formula is C18H17N3O4. The van der Waals surface area contributed by atoms with Gasteiger partial charge in [0.2, 0.25) is 5.91 Å². The standard InChI is InChI=1S/C18H17N3O4/c19-18(20)13-4-1-12(2-5-13)3-10-16(22)21-14-6-8-15(9-7-14)25-11-17(23)24/h1-10H,11H2,(H3,19,20)(H,21,22)(H,23,24). The van der Waals surface area contributed by atoms with Crippen molar-refractivity contribution < 1.29 is 19.4 Å². The van der Waals surface area contributed by atoms with Crippen LogP contribution in [-0.2, 0) is 9.59 Å². The van der Waals surface area contributed by atoms with Crippen molar-refractivity contribution in [3.05, 3.63) is 65.7 Å². The summed E-state index contributed by atoms with van der Waals surface area (Å²) < 4.78 is 5.01. The quantitative estimate of drug-likeness (QED) is 0.349. The summed E-state index contributed by atoms with van der Waals surface area (Å²) in [7, 11) is 0. The van der Waals surface area contributed by atoms with Crippen LogP contribution in [0.1, 0.15) is 11.1 Å². The summed E-state index contributed by atoms with van der Waals surface area (Å²) >= 11 is 0. The highest BCUT2D eigenvalue weighted by atomic mass is 16.5. The van der Waals surface area contributed by atoms with Gasteiger partial charge in [-0.3, -0.25) is 10.2 Å². The number of carbonyl (C=O) groups excluding carboxylic acids is 1. The van der Waals surface area contributed by atoms with Crippen LogP contribution in [0.25, 0.3) is 6.08 Å². The molecule has 0 bridgehead atoms. The monoisotopic (exact) mass is 339 g/mol. The van der Waals surface area contributed by atoms with Gasteiger partial charge in [-0.15, -0.1) is 0 Å². The van der Waals surface area contributed by atoms with Gasteiger partial charge in [-0.2, -0.15) is 0 Å². The first kappa shape index (κ1) is 17.7. The molecule has 0 aliphatic heterocycles. The third kappa shape index (κ3) is 5.83. The van der Waals surface area contributed by atoms with Gasteiger partial charge in [-0.1, -0.05) is 24.3 Å². The van der Waals surface area contributed by atoms with E-state index in [2.05, 4.69) is 5.32 Å². The molecule has 0 saturated carbocycles. The second-order valence-corrected chi connectivity index (χ2v) is 5.07. The highest BCUT2D eigenvalue weighted by molar-refractivity contribution is 6.02. The van der Waals surface area contributed by atoms with Gasteiger partial charge in [0, 0.05) is 17.3 Å². The molecule has 0 heterocycles. The number of nitrogen functional groups attached to an aromatic ring is 1. The van der Waals surface area contributed by atoms with Gasteiger partial charge in [-0.05, 0) is 35.9 Å². The molecule has 0 fully saturated rings. The third-order valence-corrected chi connectivity index (χ3v) is 3.13. The Balaban J connectivity index is 1.90. The fraction of sp³-hybridized carbons (Fsp3) is 0.0556. The maximum absolute atomic E-state index is 11.9. The van der Waals surface area contributed by atoms with Crippen LogP contribution in [0.4, 0.5) is 5.69 Å². The number of hydrogen-bond acceptors (Lipinski definition) is 4. The van der Waals surface area contributed by atoms with Crippen LogP contribution in [0, 0.1) is 5.41 Å².